The highest BCUT2D eigenvalue weighted by Crippen LogP contribution is 2.31. The maximum Gasteiger partial charge on any atom is 0.162 e. The lowest BCUT2D eigenvalue weighted by Gasteiger charge is -2.08. The fraction of sp³-hybridized carbons (Fsp3) is 0.176. The highest BCUT2D eigenvalue weighted by molar-refractivity contribution is 5.91. The zero-order valence-electron chi connectivity index (χ0n) is 11.8. The maximum absolute atomic E-state index is 6.10. The van der Waals surface area contributed by atoms with Crippen LogP contribution in [-0.4, -0.2) is 16.6 Å². The van der Waals surface area contributed by atoms with Crippen LogP contribution in [0.15, 0.2) is 36.4 Å². The lowest BCUT2D eigenvalue weighted by Crippen LogP contribution is -1.99. The van der Waals surface area contributed by atoms with E-state index in [0.29, 0.717) is 11.6 Å². The summed E-state index contributed by atoms with van der Waals surface area (Å²) in [6.07, 6.45) is 0.936. The first-order chi connectivity index (χ1) is 10.2. The van der Waals surface area contributed by atoms with E-state index < -0.39 is 0 Å². The third-order valence-corrected chi connectivity index (χ3v) is 3.91. The number of benzene rings is 2. The summed E-state index contributed by atoms with van der Waals surface area (Å²) in [4.78, 5) is 9.16. The van der Waals surface area contributed by atoms with E-state index in [0.717, 1.165) is 40.8 Å². The van der Waals surface area contributed by atoms with Crippen LogP contribution < -0.4 is 10.5 Å². The second kappa shape index (κ2) is 4.45. The van der Waals surface area contributed by atoms with Crippen LogP contribution in [0.3, 0.4) is 0 Å². The lowest BCUT2D eigenvalue weighted by atomic mass is 10.1. The highest BCUT2D eigenvalue weighted by atomic mass is 16.5. The number of nitrogen functional groups attached to an aromatic ring is 1. The van der Waals surface area contributed by atoms with Crippen LogP contribution in [0.4, 0.5) is 5.82 Å². The van der Waals surface area contributed by atoms with Crippen molar-refractivity contribution in [3.05, 3.63) is 47.5 Å². The lowest BCUT2D eigenvalue weighted by molar-refractivity contribution is 0.357. The molecule has 0 spiro atoms. The number of aryl methyl sites for hydroxylation is 1. The maximum atomic E-state index is 6.10. The number of hydrogen-bond donors (Lipinski definition) is 1. The van der Waals surface area contributed by atoms with E-state index in [-0.39, 0.29) is 0 Å². The van der Waals surface area contributed by atoms with Gasteiger partial charge >= 0.3 is 0 Å². The van der Waals surface area contributed by atoms with Crippen LogP contribution in [0.25, 0.3) is 22.3 Å². The summed E-state index contributed by atoms with van der Waals surface area (Å²) in [5.41, 5.74) is 10.3. The SMILES string of the molecule is Cc1cccc2c(N)nc(-c3ccc4c(c3)CCO4)nc12. The van der Waals surface area contributed by atoms with E-state index in [4.69, 9.17) is 15.5 Å². The van der Waals surface area contributed by atoms with Gasteiger partial charge in [-0.15, -0.1) is 0 Å². The van der Waals surface area contributed by atoms with Crippen molar-refractivity contribution in [2.75, 3.05) is 12.3 Å². The molecule has 1 aliphatic heterocycles. The molecule has 0 saturated carbocycles. The summed E-state index contributed by atoms with van der Waals surface area (Å²) >= 11 is 0. The summed E-state index contributed by atoms with van der Waals surface area (Å²) in [5, 5.41) is 0.906. The van der Waals surface area contributed by atoms with Gasteiger partial charge in [-0.1, -0.05) is 12.1 Å². The Morgan fingerprint density at radius 3 is 2.95 bits per heavy atom. The second-order valence-corrected chi connectivity index (χ2v) is 5.32. The van der Waals surface area contributed by atoms with E-state index in [9.17, 15) is 0 Å². The fourth-order valence-corrected chi connectivity index (χ4v) is 2.77. The molecule has 0 bridgehead atoms. The molecule has 0 atom stereocenters. The number of nitrogens with zero attached hydrogens (tertiary/aromatic N) is 2. The van der Waals surface area contributed by atoms with Gasteiger partial charge in [0.05, 0.1) is 12.1 Å². The molecule has 2 N–H and O–H groups in total. The molecular formula is C17H15N3O. The predicted octanol–water partition coefficient (Wildman–Crippen LogP) is 3.12. The number of aromatic nitrogens is 2. The average molecular weight is 277 g/mol. The van der Waals surface area contributed by atoms with Gasteiger partial charge in [-0.3, -0.25) is 0 Å². The monoisotopic (exact) mass is 277 g/mol. The van der Waals surface area contributed by atoms with Crippen molar-refractivity contribution in [2.45, 2.75) is 13.3 Å². The van der Waals surface area contributed by atoms with Crippen molar-refractivity contribution in [1.29, 1.82) is 0 Å². The molecule has 2 aromatic carbocycles. The molecule has 104 valence electrons. The highest BCUT2D eigenvalue weighted by Gasteiger charge is 2.15. The number of para-hydroxylation sites is 1. The van der Waals surface area contributed by atoms with Gasteiger partial charge in [0.2, 0.25) is 0 Å². The minimum atomic E-state index is 0.524. The van der Waals surface area contributed by atoms with Crippen molar-refractivity contribution in [2.24, 2.45) is 0 Å². The summed E-state index contributed by atoms with van der Waals surface area (Å²) in [6.45, 7) is 2.79. The Hall–Kier alpha value is -2.62. The molecule has 4 heteroatoms. The van der Waals surface area contributed by atoms with Gasteiger partial charge in [-0.2, -0.15) is 0 Å². The van der Waals surface area contributed by atoms with Gasteiger partial charge in [0, 0.05) is 17.4 Å². The zero-order chi connectivity index (χ0) is 14.4. The first-order valence-corrected chi connectivity index (χ1v) is 7.01. The topological polar surface area (TPSA) is 61.0 Å². The van der Waals surface area contributed by atoms with Crippen LogP contribution in [0, 0.1) is 6.92 Å². The van der Waals surface area contributed by atoms with Crippen LogP contribution in [0.2, 0.25) is 0 Å². The first-order valence-electron chi connectivity index (χ1n) is 7.01. The molecule has 0 amide bonds. The van der Waals surface area contributed by atoms with Crippen LogP contribution >= 0.6 is 0 Å². The molecule has 4 rings (SSSR count). The first kappa shape index (κ1) is 12.1. The van der Waals surface area contributed by atoms with Crippen molar-refractivity contribution >= 4 is 16.7 Å². The number of nitrogens with two attached hydrogens (primary N) is 1. The molecule has 0 aliphatic carbocycles. The van der Waals surface area contributed by atoms with Gasteiger partial charge < -0.3 is 10.5 Å². The minimum Gasteiger partial charge on any atom is -0.493 e. The molecule has 0 radical (unpaired) electrons. The van der Waals surface area contributed by atoms with Crippen molar-refractivity contribution in [3.63, 3.8) is 0 Å². The molecule has 21 heavy (non-hydrogen) atoms. The summed E-state index contributed by atoms with van der Waals surface area (Å²) in [6, 6.07) is 12.0. The number of fused-ring (bicyclic) bond motifs is 2. The summed E-state index contributed by atoms with van der Waals surface area (Å²) in [5.74, 6) is 2.16. The molecule has 2 heterocycles. The van der Waals surface area contributed by atoms with Crippen molar-refractivity contribution < 1.29 is 4.74 Å². The quantitative estimate of drug-likeness (QED) is 0.742. The zero-order valence-corrected chi connectivity index (χ0v) is 11.8. The van der Waals surface area contributed by atoms with E-state index in [1.807, 2.05) is 37.3 Å². The van der Waals surface area contributed by atoms with E-state index in [1.54, 1.807) is 0 Å². The fourth-order valence-electron chi connectivity index (χ4n) is 2.77. The standard InChI is InChI=1S/C17H15N3O/c1-10-3-2-4-13-15(10)19-17(20-16(13)18)12-5-6-14-11(9-12)7-8-21-14/h2-6,9H,7-8H2,1H3,(H2,18,19,20). The summed E-state index contributed by atoms with van der Waals surface area (Å²) < 4.78 is 5.54. The Balaban J connectivity index is 1.92. The van der Waals surface area contributed by atoms with Gasteiger partial charge in [0.15, 0.2) is 5.82 Å². The van der Waals surface area contributed by atoms with E-state index in [1.165, 1.54) is 5.56 Å². The third kappa shape index (κ3) is 1.91. The molecule has 0 unspecified atom stereocenters. The van der Waals surface area contributed by atoms with Crippen molar-refractivity contribution in [3.8, 4) is 17.1 Å². The molecule has 4 nitrogen and oxygen atoms in total. The smallest absolute Gasteiger partial charge is 0.162 e. The number of rotatable bonds is 1. The van der Waals surface area contributed by atoms with Crippen LogP contribution in [-0.2, 0) is 6.42 Å². The Morgan fingerprint density at radius 2 is 2.05 bits per heavy atom. The normalized spacial score (nSPS) is 13.2. The number of anilines is 1. The Kier molecular flexibility index (Phi) is 2.57. The molecule has 1 aliphatic rings. The Labute approximate surface area is 122 Å². The Morgan fingerprint density at radius 1 is 1.14 bits per heavy atom. The largest absolute Gasteiger partial charge is 0.493 e. The van der Waals surface area contributed by atoms with Crippen LogP contribution in [0.1, 0.15) is 11.1 Å². The second-order valence-electron chi connectivity index (χ2n) is 5.32. The Bertz CT molecular complexity index is 858. The molecule has 3 aromatic rings. The van der Waals surface area contributed by atoms with Crippen LogP contribution in [0.5, 0.6) is 5.75 Å². The third-order valence-electron chi connectivity index (χ3n) is 3.91. The molecule has 0 fully saturated rings. The van der Waals surface area contributed by atoms with Gasteiger partial charge in [-0.05, 0) is 42.3 Å². The number of hydrogen-bond acceptors (Lipinski definition) is 4. The van der Waals surface area contributed by atoms with E-state index in [2.05, 4.69) is 11.1 Å². The molecule has 0 saturated heterocycles. The molecule has 1 aromatic heterocycles. The minimum absolute atomic E-state index is 0.524. The molecular weight excluding hydrogens is 262 g/mol. The average Bonchev–Trinajstić information content (AvgIpc) is 2.95. The predicted molar refractivity (Wildman–Crippen MR) is 83.3 cm³/mol. The number of ether oxygens (including phenoxy) is 1. The van der Waals surface area contributed by atoms with Gasteiger partial charge in [0.1, 0.15) is 11.6 Å². The van der Waals surface area contributed by atoms with Gasteiger partial charge in [-0.25, -0.2) is 9.97 Å². The summed E-state index contributed by atoms with van der Waals surface area (Å²) in [7, 11) is 0. The van der Waals surface area contributed by atoms with Gasteiger partial charge in [0.25, 0.3) is 0 Å². The van der Waals surface area contributed by atoms with Crippen molar-refractivity contribution in [1.82, 2.24) is 9.97 Å². The van der Waals surface area contributed by atoms with E-state index >= 15 is 0 Å².